The molecule has 0 saturated carbocycles. The molecule has 3 rings (SSSR count). The minimum atomic E-state index is -0.757. The fourth-order valence-corrected chi connectivity index (χ4v) is 2.27. The van der Waals surface area contributed by atoms with Crippen molar-refractivity contribution in [2.45, 2.75) is 13.0 Å². The summed E-state index contributed by atoms with van der Waals surface area (Å²) in [4.78, 5) is 12.3. The molecular weight excluding hydrogens is 308 g/mol. The normalized spacial score (nSPS) is 13.5. The summed E-state index contributed by atoms with van der Waals surface area (Å²) in [5.41, 5.74) is 0.977. The fraction of sp³-hybridized carbons (Fsp3) is 0.222. The van der Waals surface area contributed by atoms with E-state index in [0.717, 1.165) is 0 Å². The molecule has 1 heterocycles. The van der Waals surface area contributed by atoms with E-state index in [1.165, 1.54) is 0 Å². The Hall–Kier alpha value is -3.20. The zero-order chi connectivity index (χ0) is 16.9. The van der Waals surface area contributed by atoms with Gasteiger partial charge in [-0.25, -0.2) is 0 Å². The number of carbonyl (C=O) groups excluding carboxylic acids is 1. The number of fused-ring (bicyclic) bond motifs is 1. The molecule has 0 bridgehead atoms. The van der Waals surface area contributed by atoms with Crippen molar-refractivity contribution >= 4 is 11.6 Å². The highest BCUT2D eigenvalue weighted by Gasteiger charge is 2.18. The molecule has 24 heavy (non-hydrogen) atoms. The summed E-state index contributed by atoms with van der Waals surface area (Å²) in [7, 11) is 0. The van der Waals surface area contributed by atoms with E-state index in [4.69, 9.17) is 19.5 Å². The molecule has 1 aliphatic heterocycles. The summed E-state index contributed by atoms with van der Waals surface area (Å²) >= 11 is 0. The minimum absolute atomic E-state index is 0.320. The van der Waals surface area contributed by atoms with Crippen LogP contribution in [-0.2, 0) is 4.79 Å². The summed E-state index contributed by atoms with van der Waals surface area (Å²) in [5.74, 6) is 1.32. The topological polar surface area (TPSA) is 80.6 Å². The Morgan fingerprint density at radius 2 is 1.96 bits per heavy atom. The van der Waals surface area contributed by atoms with Crippen molar-refractivity contribution in [2.24, 2.45) is 0 Å². The molecule has 2 aromatic rings. The second-order valence-electron chi connectivity index (χ2n) is 5.22. The lowest BCUT2D eigenvalue weighted by Gasteiger charge is -2.20. The number of amides is 1. The van der Waals surface area contributed by atoms with Gasteiger partial charge >= 0.3 is 0 Å². The maximum Gasteiger partial charge on any atom is 0.265 e. The molecule has 0 fully saturated rings. The van der Waals surface area contributed by atoms with Crippen LogP contribution >= 0.6 is 0 Å². The first-order valence-electron chi connectivity index (χ1n) is 7.53. The van der Waals surface area contributed by atoms with Crippen LogP contribution in [-0.4, -0.2) is 25.2 Å². The number of rotatable bonds is 4. The summed E-state index contributed by atoms with van der Waals surface area (Å²) in [6, 6.07) is 14.0. The Balaban J connectivity index is 1.67. The molecule has 0 aliphatic carbocycles. The number of para-hydroxylation sites is 1. The van der Waals surface area contributed by atoms with E-state index >= 15 is 0 Å². The minimum Gasteiger partial charge on any atom is -0.486 e. The number of carbonyl (C=O) groups is 1. The van der Waals surface area contributed by atoms with Crippen molar-refractivity contribution in [1.82, 2.24) is 0 Å². The van der Waals surface area contributed by atoms with Crippen LogP contribution in [0, 0.1) is 11.3 Å². The first-order chi connectivity index (χ1) is 11.7. The van der Waals surface area contributed by atoms with Crippen LogP contribution in [0.1, 0.15) is 12.5 Å². The van der Waals surface area contributed by atoms with Crippen LogP contribution in [0.2, 0.25) is 0 Å². The van der Waals surface area contributed by atoms with Gasteiger partial charge in [0, 0.05) is 11.8 Å². The first kappa shape index (κ1) is 15.7. The number of hydrogen-bond acceptors (Lipinski definition) is 5. The molecule has 0 saturated heterocycles. The van der Waals surface area contributed by atoms with Crippen LogP contribution in [0.4, 0.5) is 5.69 Å². The van der Waals surface area contributed by atoms with Crippen molar-refractivity contribution in [2.75, 3.05) is 18.5 Å². The highest BCUT2D eigenvalue weighted by molar-refractivity contribution is 5.94. The zero-order valence-electron chi connectivity index (χ0n) is 13.1. The second kappa shape index (κ2) is 6.92. The number of nitrogens with zero attached hydrogens (tertiary/aromatic N) is 1. The van der Waals surface area contributed by atoms with E-state index in [1.54, 1.807) is 49.4 Å². The number of nitriles is 1. The largest absolute Gasteiger partial charge is 0.486 e. The third kappa shape index (κ3) is 3.41. The van der Waals surface area contributed by atoms with Gasteiger partial charge in [-0.2, -0.15) is 5.26 Å². The molecule has 0 spiro atoms. The van der Waals surface area contributed by atoms with Gasteiger partial charge in [-0.3, -0.25) is 4.79 Å². The maximum atomic E-state index is 12.3. The Morgan fingerprint density at radius 1 is 1.21 bits per heavy atom. The molecule has 6 nitrogen and oxygen atoms in total. The Labute approximate surface area is 139 Å². The predicted molar refractivity (Wildman–Crippen MR) is 87.3 cm³/mol. The van der Waals surface area contributed by atoms with Crippen molar-refractivity contribution in [3.63, 3.8) is 0 Å². The third-order valence-corrected chi connectivity index (χ3v) is 3.49. The van der Waals surface area contributed by atoms with Crippen LogP contribution in [0.25, 0.3) is 0 Å². The summed E-state index contributed by atoms with van der Waals surface area (Å²) in [6.45, 7) is 2.62. The van der Waals surface area contributed by atoms with Crippen LogP contribution in [0.15, 0.2) is 42.5 Å². The third-order valence-electron chi connectivity index (χ3n) is 3.49. The summed E-state index contributed by atoms with van der Waals surface area (Å²) in [6.07, 6.45) is -0.757. The van der Waals surface area contributed by atoms with E-state index in [2.05, 4.69) is 5.32 Å². The van der Waals surface area contributed by atoms with E-state index in [9.17, 15) is 4.79 Å². The summed E-state index contributed by atoms with van der Waals surface area (Å²) in [5, 5.41) is 11.8. The van der Waals surface area contributed by atoms with E-state index in [1.807, 2.05) is 6.07 Å². The van der Waals surface area contributed by atoms with Crippen molar-refractivity contribution in [3.05, 3.63) is 48.0 Å². The SMILES string of the molecule is C[C@@H](Oc1ccccc1C#N)C(=O)Nc1ccc2c(c1)OCCO2. The van der Waals surface area contributed by atoms with Crippen LogP contribution in [0.3, 0.4) is 0 Å². The number of hydrogen-bond donors (Lipinski definition) is 1. The number of benzene rings is 2. The van der Waals surface area contributed by atoms with Crippen LogP contribution in [0.5, 0.6) is 17.2 Å². The van der Waals surface area contributed by atoms with Gasteiger partial charge in [0.2, 0.25) is 0 Å². The van der Waals surface area contributed by atoms with Gasteiger partial charge in [0.1, 0.15) is 25.0 Å². The standard InChI is InChI=1S/C18H16N2O4/c1-12(24-15-5-3-2-4-13(15)11-19)18(21)20-14-6-7-16-17(10-14)23-9-8-22-16/h2-7,10,12H,8-9H2,1H3,(H,20,21)/t12-/m1/s1. The Morgan fingerprint density at radius 3 is 2.75 bits per heavy atom. The highest BCUT2D eigenvalue weighted by atomic mass is 16.6. The lowest BCUT2D eigenvalue weighted by atomic mass is 10.2. The molecule has 0 unspecified atom stereocenters. The predicted octanol–water partition coefficient (Wildman–Crippen LogP) is 2.74. The van der Waals surface area contributed by atoms with Gasteiger partial charge < -0.3 is 19.5 Å². The van der Waals surface area contributed by atoms with E-state index in [-0.39, 0.29) is 5.91 Å². The smallest absolute Gasteiger partial charge is 0.265 e. The highest BCUT2D eigenvalue weighted by Crippen LogP contribution is 2.32. The van der Waals surface area contributed by atoms with Gasteiger partial charge in [-0.05, 0) is 31.2 Å². The average Bonchev–Trinajstić information content (AvgIpc) is 2.62. The monoisotopic (exact) mass is 324 g/mol. The molecule has 0 aromatic heterocycles. The fourth-order valence-electron chi connectivity index (χ4n) is 2.27. The Kier molecular flexibility index (Phi) is 4.52. The van der Waals surface area contributed by atoms with E-state index in [0.29, 0.717) is 41.7 Å². The molecule has 1 atom stereocenters. The molecule has 1 N–H and O–H groups in total. The molecular formula is C18H16N2O4. The second-order valence-corrected chi connectivity index (χ2v) is 5.22. The maximum absolute atomic E-state index is 12.3. The molecule has 1 amide bonds. The number of anilines is 1. The van der Waals surface area contributed by atoms with Crippen LogP contribution < -0.4 is 19.5 Å². The average molecular weight is 324 g/mol. The van der Waals surface area contributed by atoms with Crippen molar-refractivity contribution in [3.8, 4) is 23.3 Å². The van der Waals surface area contributed by atoms with Gasteiger partial charge in [0.25, 0.3) is 5.91 Å². The Bertz CT molecular complexity index is 798. The molecule has 2 aromatic carbocycles. The zero-order valence-corrected chi connectivity index (χ0v) is 13.1. The first-order valence-corrected chi connectivity index (χ1v) is 7.53. The van der Waals surface area contributed by atoms with E-state index < -0.39 is 6.10 Å². The molecule has 6 heteroatoms. The summed E-state index contributed by atoms with van der Waals surface area (Å²) < 4.78 is 16.5. The lowest BCUT2D eigenvalue weighted by molar-refractivity contribution is -0.122. The molecule has 1 aliphatic rings. The lowest BCUT2D eigenvalue weighted by Crippen LogP contribution is -2.30. The molecule has 122 valence electrons. The number of ether oxygens (including phenoxy) is 3. The van der Waals surface area contributed by atoms with Crippen molar-refractivity contribution < 1.29 is 19.0 Å². The van der Waals surface area contributed by atoms with Gasteiger partial charge in [-0.15, -0.1) is 0 Å². The van der Waals surface area contributed by atoms with Gasteiger partial charge in [0.05, 0.1) is 5.56 Å². The molecule has 0 radical (unpaired) electrons. The quantitative estimate of drug-likeness (QED) is 0.935. The number of nitrogens with one attached hydrogen (secondary N) is 1. The van der Waals surface area contributed by atoms with Crippen molar-refractivity contribution in [1.29, 1.82) is 5.26 Å². The van der Waals surface area contributed by atoms with Gasteiger partial charge in [-0.1, -0.05) is 12.1 Å². The van der Waals surface area contributed by atoms with Gasteiger partial charge in [0.15, 0.2) is 17.6 Å².